The molecule has 0 amide bonds. The van der Waals surface area contributed by atoms with Gasteiger partial charge in [0.05, 0.1) is 12.3 Å². The number of carbonyl (C=O) groups is 2. The molecule has 2 fully saturated rings. The number of aliphatic carboxylic acids is 2. The Hall–Kier alpha value is -1.58. The zero-order valence-corrected chi connectivity index (χ0v) is 20.2. The zero-order valence-electron chi connectivity index (χ0n) is 20.2. The van der Waals surface area contributed by atoms with Gasteiger partial charge in [-0.2, -0.15) is 0 Å². The highest BCUT2D eigenvalue weighted by molar-refractivity contribution is 5.75. The quantitative estimate of drug-likeness (QED) is 0.457. The monoisotopic (exact) mass is 430 g/mol. The predicted octanol–water partition coefficient (Wildman–Crippen LogP) is 6.43. The number of rotatable bonds is 7. The molecule has 4 nitrogen and oxygen atoms in total. The second-order valence-electron chi connectivity index (χ2n) is 11.6. The van der Waals surface area contributed by atoms with Crippen molar-refractivity contribution in [2.75, 3.05) is 0 Å². The lowest BCUT2D eigenvalue weighted by molar-refractivity contribution is -0.153. The van der Waals surface area contributed by atoms with Crippen LogP contribution in [-0.4, -0.2) is 22.2 Å². The fourth-order valence-corrected chi connectivity index (χ4v) is 7.32. The van der Waals surface area contributed by atoms with E-state index in [-0.39, 0.29) is 17.8 Å². The van der Waals surface area contributed by atoms with Gasteiger partial charge in [0.2, 0.25) is 0 Å². The van der Waals surface area contributed by atoms with Gasteiger partial charge in [0, 0.05) is 0 Å². The maximum Gasteiger partial charge on any atom is 0.307 e. The topological polar surface area (TPSA) is 74.6 Å². The second kappa shape index (κ2) is 8.75. The first kappa shape index (κ1) is 24.1. The standard InChI is InChI=1S/C27H42O4/c1-16(2)17(3)7-8-18(4)20-11-12-21-19-9-10-23(25(30)31)27(6,15-24(28)29)22(19)13-14-26(20,21)5/h7-9,16-18,20-23H,10-15H2,1-6H3,(H,28,29)(H,30,31). The van der Waals surface area contributed by atoms with Gasteiger partial charge in [0.1, 0.15) is 0 Å². The van der Waals surface area contributed by atoms with Gasteiger partial charge in [-0.05, 0) is 78.4 Å². The average Bonchev–Trinajstić information content (AvgIpc) is 3.02. The third kappa shape index (κ3) is 4.24. The van der Waals surface area contributed by atoms with Gasteiger partial charge >= 0.3 is 11.9 Å². The third-order valence-corrected chi connectivity index (χ3v) is 9.60. The maximum absolute atomic E-state index is 12.0. The third-order valence-electron chi connectivity index (χ3n) is 9.60. The Morgan fingerprint density at radius 2 is 1.74 bits per heavy atom. The van der Waals surface area contributed by atoms with E-state index in [1.807, 2.05) is 6.92 Å². The molecule has 0 heterocycles. The Morgan fingerprint density at radius 3 is 2.32 bits per heavy atom. The van der Waals surface area contributed by atoms with E-state index in [2.05, 4.69) is 52.8 Å². The molecule has 174 valence electrons. The van der Waals surface area contributed by atoms with Crippen LogP contribution in [0.4, 0.5) is 0 Å². The molecule has 31 heavy (non-hydrogen) atoms. The largest absolute Gasteiger partial charge is 0.481 e. The molecule has 2 N–H and O–H groups in total. The number of allylic oxidation sites excluding steroid dienone is 4. The fraction of sp³-hybridized carbons (Fsp3) is 0.778. The van der Waals surface area contributed by atoms with Crippen LogP contribution in [0, 0.1) is 52.3 Å². The van der Waals surface area contributed by atoms with Crippen LogP contribution in [0.2, 0.25) is 0 Å². The van der Waals surface area contributed by atoms with E-state index in [9.17, 15) is 19.8 Å². The summed E-state index contributed by atoms with van der Waals surface area (Å²) >= 11 is 0. The van der Waals surface area contributed by atoms with E-state index in [1.54, 1.807) is 0 Å². The molecule has 2 saturated carbocycles. The summed E-state index contributed by atoms with van der Waals surface area (Å²) in [5.74, 6) is 0.548. The molecule has 0 bridgehead atoms. The van der Waals surface area contributed by atoms with Gasteiger partial charge in [0.15, 0.2) is 0 Å². The van der Waals surface area contributed by atoms with Crippen LogP contribution in [0.1, 0.15) is 80.1 Å². The normalized spacial score (nSPS) is 39.6. The molecule has 0 aromatic heterocycles. The maximum atomic E-state index is 12.0. The van der Waals surface area contributed by atoms with Gasteiger partial charge in [-0.3, -0.25) is 9.59 Å². The van der Waals surface area contributed by atoms with Crippen molar-refractivity contribution < 1.29 is 19.8 Å². The summed E-state index contributed by atoms with van der Waals surface area (Å²) in [6, 6.07) is 0. The molecular formula is C27H42O4. The fourth-order valence-electron chi connectivity index (χ4n) is 7.32. The Bertz CT molecular complexity index is 765. The summed E-state index contributed by atoms with van der Waals surface area (Å²) in [6.45, 7) is 13.5. The minimum absolute atomic E-state index is 0.0644. The van der Waals surface area contributed by atoms with Crippen LogP contribution in [0.15, 0.2) is 23.8 Å². The van der Waals surface area contributed by atoms with Crippen molar-refractivity contribution in [2.45, 2.75) is 80.1 Å². The van der Waals surface area contributed by atoms with Gasteiger partial charge in [-0.1, -0.05) is 65.3 Å². The summed E-state index contributed by atoms with van der Waals surface area (Å²) < 4.78 is 0. The number of carboxylic acid groups (broad SMARTS) is 2. The lowest BCUT2D eigenvalue weighted by Gasteiger charge is -2.54. The Labute approximate surface area is 188 Å². The van der Waals surface area contributed by atoms with Crippen molar-refractivity contribution in [3.05, 3.63) is 23.8 Å². The van der Waals surface area contributed by atoms with Crippen LogP contribution in [0.5, 0.6) is 0 Å². The molecule has 0 aromatic carbocycles. The highest BCUT2D eigenvalue weighted by Crippen LogP contribution is 2.65. The van der Waals surface area contributed by atoms with Crippen molar-refractivity contribution in [1.29, 1.82) is 0 Å². The lowest BCUT2D eigenvalue weighted by Crippen LogP contribution is -2.50. The summed E-state index contributed by atoms with van der Waals surface area (Å²) in [7, 11) is 0. The highest BCUT2D eigenvalue weighted by atomic mass is 16.4. The van der Waals surface area contributed by atoms with E-state index in [1.165, 1.54) is 12.0 Å². The van der Waals surface area contributed by atoms with Crippen LogP contribution < -0.4 is 0 Å². The molecule has 0 radical (unpaired) electrons. The van der Waals surface area contributed by atoms with E-state index >= 15 is 0 Å². The van der Waals surface area contributed by atoms with Gasteiger partial charge in [0.25, 0.3) is 0 Å². The smallest absolute Gasteiger partial charge is 0.307 e. The van der Waals surface area contributed by atoms with Crippen molar-refractivity contribution in [1.82, 2.24) is 0 Å². The van der Waals surface area contributed by atoms with E-state index in [0.29, 0.717) is 36.0 Å². The zero-order chi connectivity index (χ0) is 23.1. The molecule has 8 unspecified atom stereocenters. The van der Waals surface area contributed by atoms with Crippen LogP contribution in [0.25, 0.3) is 0 Å². The van der Waals surface area contributed by atoms with Gasteiger partial charge in [-0.25, -0.2) is 0 Å². The van der Waals surface area contributed by atoms with E-state index in [4.69, 9.17) is 0 Å². The first-order valence-corrected chi connectivity index (χ1v) is 12.2. The molecular weight excluding hydrogens is 388 g/mol. The summed E-state index contributed by atoms with van der Waals surface area (Å²) in [5, 5.41) is 19.4. The molecule has 0 aliphatic heterocycles. The second-order valence-corrected chi connectivity index (χ2v) is 11.6. The van der Waals surface area contributed by atoms with Gasteiger partial charge < -0.3 is 10.2 Å². The van der Waals surface area contributed by atoms with Crippen LogP contribution in [-0.2, 0) is 9.59 Å². The minimum Gasteiger partial charge on any atom is -0.481 e. The van der Waals surface area contributed by atoms with Crippen molar-refractivity contribution >= 4 is 11.9 Å². The molecule has 3 aliphatic rings. The Kier molecular flexibility index (Phi) is 6.79. The average molecular weight is 431 g/mol. The lowest BCUT2D eigenvalue weighted by atomic mass is 9.49. The predicted molar refractivity (Wildman–Crippen MR) is 124 cm³/mol. The SMILES string of the molecule is CC(C)C(C)C=CC(C)C1CCC2C3=CCC(C(=O)O)C(C)(CC(=O)O)C3CCC21C. The molecule has 3 rings (SSSR count). The van der Waals surface area contributed by atoms with Crippen LogP contribution >= 0.6 is 0 Å². The summed E-state index contributed by atoms with van der Waals surface area (Å²) in [5.41, 5.74) is 0.886. The number of hydrogen-bond donors (Lipinski definition) is 2. The summed E-state index contributed by atoms with van der Waals surface area (Å²) in [6.07, 6.45) is 11.7. The van der Waals surface area contributed by atoms with Crippen molar-refractivity contribution in [2.24, 2.45) is 52.3 Å². The molecule has 0 aromatic rings. The minimum atomic E-state index is -0.884. The first-order chi connectivity index (χ1) is 14.4. The molecule has 4 heteroatoms. The Balaban J connectivity index is 1.87. The number of fused-ring (bicyclic) bond motifs is 3. The molecule has 8 atom stereocenters. The van der Waals surface area contributed by atoms with Crippen LogP contribution in [0.3, 0.4) is 0 Å². The number of hydrogen-bond acceptors (Lipinski definition) is 2. The Morgan fingerprint density at radius 1 is 1.06 bits per heavy atom. The van der Waals surface area contributed by atoms with Crippen molar-refractivity contribution in [3.8, 4) is 0 Å². The highest BCUT2D eigenvalue weighted by Gasteiger charge is 2.58. The molecule has 3 aliphatic carbocycles. The first-order valence-electron chi connectivity index (χ1n) is 12.2. The van der Waals surface area contributed by atoms with Gasteiger partial charge in [-0.15, -0.1) is 0 Å². The van der Waals surface area contributed by atoms with E-state index < -0.39 is 23.3 Å². The molecule has 0 spiro atoms. The van der Waals surface area contributed by atoms with Crippen molar-refractivity contribution in [3.63, 3.8) is 0 Å². The number of carboxylic acids is 2. The van der Waals surface area contributed by atoms with E-state index in [0.717, 1.165) is 19.3 Å². The summed E-state index contributed by atoms with van der Waals surface area (Å²) in [4.78, 5) is 23.7. The molecule has 0 saturated heterocycles.